The summed E-state index contributed by atoms with van der Waals surface area (Å²) >= 11 is 0. The van der Waals surface area contributed by atoms with E-state index in [-0.39, 0.29) is 12.5 Å². The molecule has 1 N–H and O–H groups in total. The molecule has 0 fully saturated rings. The number of methoxy groups -OCH3 is 1. The van der Waals surface area contributed by atoms with E-state index in [1.165, 1.54) is 23.4 Å². The molecule has 3 aromatic carbocycles. The van der Waals surface area contributed by atoms with Crippen LogP contribution < -0.4 is 5.32 Å². The van der Waals surface area contributed by atoms with Crippen molar-refractivity contribution in [2.45, 2.75) is 13.0 Å². The topological polar surface area (TPSA) is 56.1 Å². The number of rotatable bonds is 7. The zero-order chi connectivity index (χ0) is 19.3. The third-order valence-corrected chi connectivity index (χ3v) is 4.89. The zero-order valence-corrected chi connectivity index (χ0v) is 15.9. The Labute approximate surface area is 164 Å². The highest BCUT2D eigenvalue weighted by atomic mass is 16.5. The maximum atomic E-state index is 11.7. The van der Waals surface area contributed by atoms with E-state index in [0.29, 0.717) is 13.0 Å². The van der Waals surface area contributed by atoms with Crippen molar-refractivity contribution in [1.82, 2.24) is 14.9 Å². The van der Waals surface area contributed by atoms with Crippen LogP contribution in [0.3, 0.4) is 0 Å². The van der Waals surface area contributed by atoms with Gasteiger partial charge in [0, 0.05) is 26.6 Å². The number of para-hydroxylation sites is 2. The Bertz CT molecular complexity index is 1110. The lowest BCUT2D eigenvalue weighted by molar-refractivity contribution is -0.124. The van der Waals surface area contributed by atoms with Gasteiger partial charge in [-0.2, -0.15) is 0 Å². The molecule has 0 atom stereocenters. The minimum Gasteiger partial charge on any atom is -0.375 e. The van der Waals surface area contributed by atoms with E-state index in [2.05, 4.69) is 58.4 Å². The molecule has 28 heavy (non-hydrogen) atoms. The van der Waals surface area contributed by atoms with Crippen LogP contribution in [0, 0.1) is 0 Å². The highest BCUT2D eigenvalue weighted by Gasteiger charge is 2.12. The summed E-state index contributed by atoms with van der Waals surface area (Å²) in [6.45, 7) is 1.34. The van der Waals surface area contributed by atoms with E-state index >= 15 is 0 Å². The number of ether oxygens (including phenoxy) is 1. The number of hydrogen-bond acceptors (Lipinski definition) is 3. The van der Waals surface area contributed by atoms with Crippen molar-refractivity contribution in [3.63, 3.8) is 0 Å². The van der Waals surface area contributed by atoms with Gasteiger partial charge in [0.05, 0.1) is 11.0 Å². The molecule has 0 aliphatic rings. The van der Waals surface area contributed by atoms with Crippen molar-refractivity contribution in [3.8, 4) is 0 Å². The van der Waals surface area contributed by atoms with E-state index < -0.39 is 0 Å². The molecular formula is C23H23N3O2. The average Bonchev–Trinajstić information content (AvgIpc) is 3.06. The molecule has 5 heteroatoms. The molecule has 1 heterocycles. The average molecular weight is 373 g/mol. The molecule has 1 amide bonds. The van der Waals surface area contributed by atoms with Crippen molar-refractivity contribution in [1.29, 1.82) is 0 Å². The first-order valence-electron chi connectivity index (χ1n) is 9.42. The number of imidazole rings is 1. The second-order valence-electron chi connectivity index (χ2n) is 6.77. The Morgan fingerprint density at radius 3 is 2.71 bits per heavy atom. The summed E-state index contributed by atoms with van der Waals surface area (Å²) in [6.07, 6.45) is 0.662. The quantitative estimate of drug-likeness (QED) is 0.539. The first kappa shape index (κ1) is 18.2. The van der Waals surface area contributed by atoms with Crippen LogP contribution in [0.25, 0.3) is 21.8 Å². The van der Waals surface area contributed by atoms with Gasteiger partial charge in [0.1, 0.15) is 12.4 Å². The molecule has 4 aromatic rings. The lowest BCUT2D eigenvalue weighted by Crippen LogP contribution is -2.29. The Morgan fingerprint density at radius 1 is 1.04 bits per heavy atom. The van der Waals surface area contributed by atoms with E-state index in [1.807, 2.05) is 18.2 Å². The Balaban J connectivity index is 1.66. The zero-order valence-electron chi connectivity index (χ0n) is 15.9. The fourth-order valence-corrected chi connectivity index (χ4v) is 3.59. The molecule has 142 valence electrons. The predicted octanol–water partition coefficient (Wildman–Crippen LogP) is 3.54. The lowest BCUT2D eigenvalue weighted by Gasteiger charge is -2.12. The number of hydrogen-bond donors (Lipinski definition) is 1. The van der Waals surface area contributed by atoms with Gasteiger partial charge in [0.2, 0.25) is 5.91 Å². The summed E-state index contributed by atoms with van der Waals surface area (Å²) in [5.74, 6) is 0.853. The number of fused-ring (bicyclic) bond motifs is 2. The van der Waals surface area contributed by atoms with Gasteiger partial charge < -0.3 is 14.6 Å². The van der Waals surface area contributed by atoms with Gasteiger partial charge in [-0.15, -0.1) is 0 Å². The van der Waals surface area contributed by atoms with Crippen molar-refractivity contribution >= 4 is 27.7 Å². The predicted molar refractivity (Wildman–Crippen MR) is 111 cm³/mol. The van der Waals surface area contributed by atoms with Crippen LogP contribution in [0.2, 0.25) is 0 Å². The summed E-state index contributed by atoms with van der Waals surface area (Å²) in [5, 5.41) is 5.37. The smallest absolute Gasteiger partial charge is 0.245 e. The number of aromatic nitrogens is 2. The third-order valence-electron chi connectivity index (χ3n) is 4.89. The number of carbonyl (C=O) groups excluding carboxylic acids is 1. The van der Waals surface area contributed by atoms with Gasteiger partial charge in [-0.1, -0.05) is 54.6 Å². The van der Waals surface area contributed by atoms with Gasteiger partial charge in [0.15, 0.2) is 0 Å². The van der Waals surface area contributed by atoms with Crippen LogP contribution >= 0.6 is 0 Å². The summed E-state index contributed by atoms with van der Waals surface area (Å²) < 4.78 is 7.11. The summed E-state index contributed by atoms with van der Waals surface area (Å²) in [7, 11) is 1.52. The van der Waals surface area contributed by atoms with Gasteiger partial charge in [0.25, 0.3) is 0 Å². The molecule has 0 saturated carbocycles. The molecule has 0 spiro atoms. The molecule has 4 rings (SSSR count). The molecule has 0 bridgehead atoms. The second kappa shape index (κ2) is 8.23. The van der Waals surface area contributed by atoms with Gasteiger partial charge >= 0.3 is 0 Å². The number of amides is 1. The van der Waals surface area contributed by atoms with Crippen molar-refractivity contribution in [2.75, 3.05) is 20.3 Å². The first-order chi connectivity index (χ1) is 13.8. The lowest BCUT2D eigenvalue weighted by atomic mass is 10.0. The van der Waals surface area contributed by atoms with Crippen LogP contribution in [0.5, 0.6) is 0 Å². The van der Waals surface area contributed by atoms with E-state index in [4.69, 9.17) is 9.72 Å². The molecule has 0 saturated heterocycles. The van der Waals surface area contributed by atoms with E-state index in [9.17, 15) is 4.79 Å². The van der Waals surface area contributed by atoms with Crippen LogP contribution in [-0.4, -0.2) is 35.7 Å². The van der Waals surface area contributed by atoms with Crippen molar-refractivity contribution in [2.24, 2.45) is 0 Å². The van der Waals surface area contributed by atoms with Gasteiger partial charge in [-0.3, -0.25) is 4.79 Å². The first-order valence-corrected chi connectivity index (χ1v) is 9.42. The Hall–Kier alpha value is -3.18. The van der Waals surface area contributed by atoms with Crippen molar-refractivity contribution < 1.29 is 9.53 Å². The molecule has 0 unspecified atom stereocenters. The molecule has 0 aliphatic carbocycles. The molecule has 0 radical (unpaired) electrons. The van der Waals surface area contributed by atoms with Gasteiger partial charge in [-0.05, 0) is 28.5 Å². The summed E-state index contributed by atoms with van der Waals surface area (Å²) in [4.78, 5) is 16.5. The highest BCUT2D eigenvalue weighted by Crippen LogP contribution is 2.23. The normalized spacial score (nSPS) is 11.2. The fraction of sp³-hybridized carbons (Fsp3) is 0.217. The molecule has 1 aromatic heterocycles. The van der Waals surface area contributed by atoms with Crippen LogP contribution in [0.4, 0.5) is 0 Å². The van der Waals surface area contributed by atoms with Gasteiger partial charge in [-0.25, -0.2) is 4.98 Å². The van der Waals surface area contributed by atoms with E-state index in [1.54, 1.807) is 0 Å². The number of carbonyl (C=O) groups is 1. The van der Waals surface area contributed by atoms with Crippen LogP contribution in [0.15, 0.2) is 66.7 Å². The summed E-state index contributed by atoms with van der Waals surface area (Å²) in [5.41, 5.74) is 3.33. The fourth-order valence-electron chi connectivity index (χ4n) is 3.59. The minimum absolute atomic E-state index is 0.0758. The molecule has 0 aliphatic heterocycles. The highest BCUT2D eigenvalue weighted by molar-refractivity contribution is 5.86. The van der Waals surface area contributed by atoms with E-state index in [0.717, 1.165) is 23.4 Å². The monoisotopic (exact) mass is 373 g/mol. The van der Waals surface area contributed by atoms with Crippen molar-refractivity contribution in [3.05, 3.63) is 78.1 Å². The standard InChI is InChI=1S/C23H23N3O2/c1-28-16-23(27)24-14-13-22-25-20-11-4-5-12-21(20)26(22)15-18-9-6-8-17-7-2-3-10-19(17)18/h2-12H,13-16H2,1H3,(H,24,27). The largest absolute Gasteiger partial charge is 0.375 e. The second-order valence-corrected chi connectivity index (χ2v) is 6.77. The maximum absolute atomic E-state index is 11.7. The minimum atomic E-state index is -0.112. The molecular weight excluding hydrogens is 350 g/mol. The number of nitrogens with zero attached hydrogens (tertiary/aromatic N) is 2. The van der Waals surface area contributed by atoms with Crippen LogP contribution in [-0.2, 0) is 22.5 Å². The third kappa shape index (κ3) is 3.75. The number of nitrogens with one attached hydrogen (secondary N) is 1. The maximum Gasteiger partial charge on any atom is 0.245 e. The summed E-state index contributed by atoms with van der Waals surface area (Å²) in [6, 6.07) is 23.0. The Kier molecular flexibility index (Phi) is 5.35. The number of benzene rings is 3. The van der Waals surface area contributed by atoms with Crippen LogP contribution in [0.1, 0.15) is 11.4 Å². The Morgan fingerprint density at radius 2 is 1.82 bits per heavy atom. The molecule has 5 nitrogen and oxygen atoms in total. The SMILES string of the molecule is COCC(=O)NCCc1nc2ccccc2n1Cc1cccc2ccccc12.